The van der Waals surface area contributed by atoms with Gasteiger partial charge < -0.3 is 14.4 Å². The molecule has 1 aromatic heterocycles. The smallest absolute Gasteiger partial charge is 0.178 e. The Kier molecular flexibility index (Phi) is 7.07. The Bertz CT molecular complexity index is 379. The molecule has 19 heavy (non-hydrogen) atoms. The van der Waals surface area contributed by atoms with E-state index in [-0.39, 0.29) is 5.78 Å². The third-order valence-electron chi connectivity index (χ3n) is 2.82. The molecule has 0 aromatic carbocycles. The maximum absolute atomic E-state index is 11.2. The largest absolute Gasteiger partial charge is 0.385 e. The summed E-state index contributed by atoms with van der Waals surface area (Å²) in [7, 11) is 3.38. The maximum atomic E-state index is 11.2. The molecule has 1 aromatic rings. The van der Waals surface area contributed by atoms with E-state index in [2.05, 4.69) is 9.88 Å². The van der Waals surface area contributed by atoms with E-state index in [1.54, 1.807) is 26.5 Å². The number of ether oxygens (including phenoxy) is 2. The molecular weight excluding hydrogens is 244 g/mol. The number of nitrogens with zero attached hydrogens (tertiary/aromatic N) is 2. The lowest BCUT2D eigenvalue weighted by atomic mass is 10.2. The number of anilines is 1. The summed E-state index contributed by atoms with van der Waals surface area (Å²) in [5, 5.41) is 0. The van der Waals surface area contributed by atoms with Crippen LogP contribution in [0.25, 0.3) is 0 Å². The molecule has 0 aliphatic heterocycles. The van der Waals surface area contributed by atoms with Crippen LogP contribution in [0.15, 0.2) is 18.3 Å². The molecule has 0 saturated carbocycles. The highest BCUT2D eigenvalue weighted by Gasteiger charge is 2.08. The van der Waals surface area contributed by atoms with Gasteiger partial charge in [-0.1, -0.05) is 0 Å². The van der Waals surface area contributed by atoms with E-state index in [9.17, 15) is 4.79 Å². The molecule has 0 unspecified atom stereocenters. The first-order valence-corrected chi connectivity index (χ1v) is 6.39. The highest BCUT2D eigenvalue weighted by Crippen LogP contribution is 2.13. The fourth-order valence-corrected chi connectivity index (χ4v) is 1.75. The summed E-state index contributed by atoms with van der Waals surface area (Å²) in [6.07, 6.45) is 2.67. The molecule has 0 bridgehead atoms. The number of hydrogen-bond donors (Lipinski definition) is 0. The van der Waals surface area contributed by atoms with Crippen LogP contribution >= 0.6 is 0 Å². The van der Waals surface area contributed by atoms with E-state index < -0.39 is 0 Å². The van der Waals surface area contributed by atoms with Gasteiger partial charge in [-0.2, -0.15) is 0 Å². The van der Waals surface area contributed by atoms with Crippen LogP contribution in [-0.2, 0) is 9.47 Å². The van der Waals surface area contributed by atoms with Crippen LogP contribution < -0.4 is 4.90 Å². The Morgan fingerprint density at radius 1 is 1.21 bits per heavy atom. The van der Waals surface area contributed by atoms with Crippen LogP contribution in [0.1, 0.15) is 23.8 Å². The van der Waals surface area contributed by atoms with E-state index in [1.165, 1.54) is 6.92 Å². The normalized spacial score (nSPS) is 10.5. The minimum atomic E-state index is -0.0191. The number of pyridine rings is 1. The Hall–Kier alpha value is -1.46. The summed E-state index contributed by atoms with van der Waals surface area (Å²) in [5.74, 6) is -0.0191. The van der Waals surface area contributed by atoms with Crippen molar-refractivity contribution < 1.29 is 14.3 Å². The fourth-order valence-electron chi connectivity index (χ4n) is 1.75. The number of rotatable bonds is 9. The van der Waals surface area contributed by atoms with Crippen molar-refractivity contribution in [3.05, 3.63) is 24.0 Å². The van der Waals surface area contributed by atoms with Gasteiger partial charge in [0.15, 0.2) is 5.78 Å². The molecule has 0 N–H and O–H groups in total. The van der Waals surface area contributed by atoms with Gasteiger partial charge in [-0.3, -0.25) is 9.78 Å². The van der Waals surface area contributed by atoms with Crippen molar-refractivity contribution in [2.24, 2.45) is 0 Å². The SMILES string of the molecule is COCCCN(CCOC)c1ccc(C(C)=O)nc1. The third kappa shape index (κ3) is 5.36. The number of ketones is 1. The fraction of sp³-hybridized carbons (Fsp3) is 0.571. The average molecular weight is 266 g/mol. The zero-order valence-electron chi connectivity index (χ0n) is 11.9. The predicted molar refractivity (Wildman–Crippen MR) is 74.8 cm³/mol. The molecular formula is C14H22N2O3. The van der Waals surface area contributed by atoms with Gasteiger partial charge in [-0.05, 0) is 18.6 Å². The molecule has 106 valence electrons. The van der Waals surface area contributed by atoms with Crippen molar-refractivity contribution in [2.75, 3.05) is 45.4 Å². The zero-order chi connectivity index (χ0) is 14.1. The number of aromatic nitrogens is 1. The first-order valence-electron chi connectivity index (χ1n) is 6.39. The Balaban J connectivity index is 2.68. The molecule has 0 aliphatic rings. The van der Waals surface area contributed by atoms with Crippen molar-refractivity contribution in [1.29, 1.82) is 0 Å². The van der Waals surface area contributed by atoms with Crippen molar-refractivity contribution in [3.63, 3.8) is 0 Å². The lowest BCUT2D eigenvalue weighted by Gasteiger charge is -2.24. The van der Waals surface area contributed by atoms with Crippen LogP contribution in [-0.4, -0.2) is 51.3 Å². The minimum Gasteiger partial charge on any atom is -0.385 e. The van der Waals surface area contributed by atoms with Crippen molar-refractivity contribution in [3.8, 4) is 0 Å². The molecule has 0 atom stereocenters. The van der Waals surface area contributed by atoms with Gasteiger partial charge in [0.05, 0.1) is 18.5 Å². The number of Topliss-reactive ketones (excluding diaryl/α,β-unsaturated/α-hetero) is 1. The van der Waals surface area contributed by atoms with Crippen LogP contribution in [0.2, 0.25) is 0 Å². The van der Waals surface area contributed by atoms with Gasteiger partial charge in [0.25, 0.3) is 0 Å². The van der Waals surface area contributed by atoms with Gasteiger partial charge in [-0.25, -0.2) is 0 Å². The molecule has 1 heterocycles. The Morgan fingerprint density at radius 2 is 1.95 bits per heavy atom. The summed E-state index contributed by atoms with van der Waals surface area (Å²) in [6.45, 7) is 4.56. The summed E-state index contributed by atoms with van der Waals surface area (Å²) in [4.78, 5) is 17.5. The first kappa shape index (κ1) is 15.6. The maximum Gasteiger partial charge on any atom is 0.178 e. The molecule has 5 nitrogen and oxygen atoms in total. The summed E-state index contributed by atoms with van der Waals surface area (Å²) < 4.78 is 10.2. The van der Waals surface area contributed by atoms with Gasteiger partial charge >= 0.3 is 0 Å². The van der Waals surface area contributed by atoms with Gasteiger partial charge in [0.2, 0.25) is 0 Å². The number of carbonyl (C=O) groups is 1. The predicted octanol–water partition coefficient (Wildman–Crippen LogP) is 1.77. The quantitative estimate of drug-likeness (QED) is 0.503. The van der Waals surface area contributed by atoms with Crippen LogP contribution in [0.3, 0.4) is 0 Å². The molecule has 1 rings (SSSR count). The molecule has 0 aliphatic carbocycles. The van der Waals surface area contributed by atoms with E-state index in [1.807, 2.05) is 6.07 Å². The molecule has 0 amide bonds. The standard InChI is InChI=1S/C14H22N2O3/c1-12(17)14-6-5-13(11-15-14)16(8-10-19-3)7-4-9-18-2/h5-6,11H,4,7-10H2,1-3H3. The molecule has 5 heteroatoms. The summed E-state index contributed by atoms with van der Waals surface area (Å²) in [6, 6.07) is 3.68. The van der Waals surface area contributed by atoms with Crippen molar-refractivity contribution in [2.45, 2.75) is 13.3 Å². The second-order valence-corrected chi connectivity index (χ2v) is 4.28. The van der Waals surface area contributed by atoms with Gasteiger partial charge in [0, 0.05) is 40.8 Å². The number of carbonyl (C=O) groups excluding carboxylic acids is 1. The second-order valence-electron chi connectivity index (χ2n) is 4.28. The lowest BCUT2D eigenvalue weighted by molar-refractivity contribution is 0.101. The monoisotopic (exact) mass is 266 g/mol. The Labute approximate surface area is 114 Å². The topological polar surface area (TPSA) is 51.7 Å². The summed E-state index contributed by atoms with van der Waals surface area (Å²) in [5.41, 5.74) is 1.49. The minimum absolute atomic E-state index is 0.0191. The number of hydrogen-bond acceptors (Lipinski definition) is 5. The van der Waals surface area contributed by atoms with E-state index in [4.69, 9.17) is 9.47 Å². The lowest BCUT2D eigenvalue weighted by Crippen LogP contribution is -2.29. The van der Waals surface area contributed by atoms with Crippen molar-refractivity contribution >= 4 is 11.5 Å². The van der Waals surface area contributed by atoms with Crippen molar-refractivity contribution in [1.82, 2.24) is 4.98 Å². The second kappa shape index (κ2) is 8.61. The summed E-state index contributed by atoms with van der Waals surface area (Å²) >= 11 is 0. The molecule has 0 spiro atoms. The highest BCUT2D eigenvalue weighted by atomic mass is 16.5. The van der Waals surface area contributed by atoms with Crippen LogP contribution in [0.4, 0.5) is 5.69 Å². The van der Waals surface area contributed by atoms with Gasteiger partial charge in [0.1, 0.15) is 5.69 Å². The third-order valence-corrected chi connectivity index (χ3v) is 2.82. The zero-order valence-corrected chi connectivity index (χ0v) is 11.9. The van der Waals surface area contributed by atoms with Crippen LogP contribution in [0.5, 0.6) is 0 Å². The average Bonchev–Trinajstić information content (AvgIpc) is 2.43. The number of methoxy groups -OCH3 is 2. The van der Waals surface area contributed by atoms with Crippen LogP contribution in [0, 0.1) is 0 Å². The molecule has 0 radical (unpaired) electrons. The Morgan fingerprint density at radius 3 is 2.47 bits per heavy atom. The van der Waals surface area contributed by atoms with E-state index in [0.29, 0.717) is 12.3 Å². The highest BCUT2D eigenvalue weighted by molar-refractivity contribution is 5.92. The van der Waals surface area contributed by atoms with E-state index in [0.717, 1.165) is 31.8 Å². The molecule has 0 fully saturated rings. The first-order chi connectivity index (χ1) is 9.19. The van der Waals surface area contributed by atoms with Gasteiger partial charge in [-0.15, -0.1) is 0 Å². The van der Waals surface area contributed by atoms with E-state index >= 15 is 0 Å². The molecule has 0 saturated heterocycles.